The number of carboxylic acid groups (broad SMARTS) is 1. The molecule has 5 heteroatoms. The molecule has 1 amide bonds. The number of hydrogen-bond acceptors (Lipinski definition) is 3. The zero-order valence-corrected chi connectivity index (χ0v) is 17.5. The van der Waals surface area contributed by atoms with Gasteiger partial charge in [0.2, 0.25) is 0 Å². The Hall–Kier alpha value is -1.26. The largest absolute Gasteiger partial charge is 0.479 e. The van der Waals surface area contributed by atoms with Crippen LogP contribution in [0.1, 0.15) is 105 Å². The Balaban J connectivity index is 4.81. The van der Waals surface area contributed by atoms with Crippen molar-refractivity contribution in [2.24, 2.45) is 0 Å². The highest BCUT2D eigenvalue weighted by Crippen LogP contribution is 2.29. The van der Waals surface area contributed by atoms with E-state index in [2.05, 4.69) is 6.92 Å². The molecule has 0 aliphatic carbocycles. The molecule has 0 saturated heterocycles. The van der Waals surface area contributed by atoms with Crippen LogP contribution in [0.2, 0.25) is 0 Å². The second kappa shape index (κ2) is 14.9. The van der Waals surface area contributed by atoms with Gasteiger partial charge in [0.15, 0.2) is 0 Å². The van der Waals surface area contributed by atoms with Gasteiger partial charge in [0.1, 0.15) is 5.54 Å². The normalized spacial score (nSPS) is 13.2. The minimum atomic E-state index is -1.15. The van der Waals surface area contributed by atoms with Crippen molar-refractivity contribution in [2.75, 3.05) is 13.2 Å². The maximum Gasteiger partial charge on any atom is 0.410 e. The Bertz CT molecular complexity index is 386. The first-order chi connectivity index (χ1) is 12.5. The van der Waals surface area contributed by atoms with Crippen molar-refractivity contribution < 1.29 is 19.4 Å². The van der Waals surface area contributed by atoms with E-state index in [-0.39, 0.29) is 6.61 Å². The van der Waals surface area contributed by atoms with Gasteiger partial charge in [-0.15, -0.1) is 0 Å². The van der Waals surface area contributed by atoms with Gasteiger partial charge in [-0.05, 0) is 26.2 Å². The summed E-state index contributed by atoms with van der Waals surface area (Å²) < 4.78 is 5.19. The minimum absolute atomic E-state index is 0.264. The lowest BCUT2D eigenvalue weighted by Crippen LogP contribution is -2.57. The number of rotatable bonds is 16. The fourth-order valence-electron chi connectivity index (χ4n) is 3.43. The van der Waals surface area contributed by atoms with E-state index in [4.69, 9.17) is 4.74 Å². The molecule has 1 unspecified atom stereocenters. The number of nitrogens with zero attached hydrogens (tertiary/aromatic N) is 1. The summed E-state index contributed by atoms with van der Waals surface area (Å²) in [6.07, 6.45) is 11.4. The van der Waals surface area contributed by atoms with Gasteiger partial charge in [-0.3, -0.25) is 4.90 Å². The van der Waals surface area contributed by atoms with Crippen LogP contribution in [-0.4, -0.2) is 40.8 Å². The number of carboxylic acids is 1. The second-order valence-corrected chi connectivity index (χ2v) is 7.12. The van der Waals surface area contributed by atoms with Crippen LogP contribution in [0, 0.1) is 0 Å². The van der Waals surface area contributed by atoms with Gasteiger partial charge in [-0.2, -0.15) is 0 Å². The molecule has 0 spiro atoms. The van der Waals surface area contributed by atoms with E-state index < -0.39 is 17.6 Å². The molecule has 1 atom stereocenters. The van der Waals surface area contributed by atoms with Crippen LogP contribution in [-0.2, 0) is 9.53 Å². The summed E-state index contributed by atoms with van der Waals surface area (Å²) >= 11 is 0. The fraction of sp³-hybridized carbons (Fsp3) is 0.905. The molecule has 0 bridgehead atoms. The minimum Gasteiger partial charge on any atom is -0.479 e. The monoisotopic (exact) mass is 371 g/mol. The molecule has 0 aromatic rings. The summed E-state index contributed by atoms with van der Waals surface area (Å²) in [5.41, 5.74) is -1.15. The van der Waals surface area contributed by atoms with Crippen molar-refractivity contribution in [3.63, 3.8) is 0 Å². The Morgan fingerprint density at radius 2 is 1.38 bits per heavy atom. The first kappa shape index (κ1) is 24.7. The predicted octanol–water partition coefficient (Wildman–Crippen LogP) is 6.01. The van der Waals surface area contributed by atoms with Crippen LogP contribution in [0.25, 0.3) is 0 Å². The lowest BCUT2D eigenvalue weighted by atomic mass is 9.87. The van der Waals surface area contributed by atoms with E-state index in [9.17, 15) is 14.7 Å². The molecule has 0 fully saturated rings. The summed E-state index contributed by atoms with van der Waals surface area (Å²) in [7, 11) is 0. The quantitative estimate of drug-likeness (QED) is 0.337. The lowest BCUT2D eigenvalue weighted by Gasteiger charge is -2.39. The molecule has 0 aliphatic heterocycles. The van der Waals surface area contributed by atoms with E-state index in [1.807, 2.05) is 13.8 Å². The van der Waals surface area contributed by atoms with Crippen LogP contribution in [0.15, 0.2) is 0 Å². The number of aliphatic carboxylic acids is 1. The van der Waals surface area contributed by atoms with Gasteiger partial charge in [0.25, 0.3) is 0 Å². The van der Waals surface area contributed by atoms with Crippen LogP contribution in [0.3, 0.4) is 0 Å². The molecule has 0 heterocycles. The molecule has 0 aromatic carbocycles. The predicted molar refractivity (Wildman–Crippen MR) is 107 cm³/mol. The topological polar surface area (TPSA) is 66.8 Å². The Labute approximate surface area is 160 Å². The maximum atomic E-state index is 12.5. The summed E-state index contributed by atoms with van der Waals surface area (Å²) in [5, 5.41) is 9.91. The van der Waals surface area contributed by atoms with Gasteiger partial charge in [0.05, 0.1) is 6.61 Å². The number of ether oxygens (including phenoxy) is 1. The molecule has 5 nitrogen and oxygen atoms in total. The molecular weight excluding hydrogens is 330 g/mol. The molecule has 1 N–H and O–H groups in total. The highest BCUT2D eigenvalue weighted by molar-refractivity contribution is 5.84. The third-order valence-electron chi connectivity index (χ3n) is 5.17. The number of carbonyl (C=O) groups excluding carboxylic acids is 1. The molecular formula is C21H41NO4. The average Bonchev–Trinajstić information content (AvgIpc) is 2.62. The number of hydrogen-bond donors (Lipinski definition) is 1. The lowest BCUT2D eigenvalue weighted by molar-refractivity contribution is -0.151. The third kappa shape index (κ3) is 8.41. The van der Waals surface area contributed by atoms with Gasteiger partial charge < -0.3 is 9.84 Å². The van der Waals surface area contributed by atoms with Crippen molar-refractivity contribution in [3.8, 4) is 0 Å². The van der Waals surface area contributed by atoms with Gasteiger partial charge in [-0.1, -0.05) is 78.6 Å². The van der Waals surface area contributed by atoms with Crippen molar-refractivity contribution in [1.29, 1.82) is 0 Å². The summed E-state index contributed by atoms with van der Waals surface area (Å²) in [4.78, 5) is 26.1. The van der Waals surface area contributed by atoms with Crippen molar-refractivity contribution in [3.05, 3.63) is 0 Å². The van der Waals surface area contributed by atoms with Gasteiger partial charge in [0, 0.05) is 6.54 Å². The van der Waals surface area contributed by atoms with Gasteiger partial charge in [-0.25, -0.2) is 9.59 Å². The summed E-state index contributed by atoms with van der Waals surface area (Å²) in [5.74, 6) is -0.916. The maximum absolute atomic E-state index is 12.5. The van der Waals surface area contributed by atoms with Crippen molar-refractivity contribution >= 4 is 12.1 Å². The zero-order valence-electron chi connectivity index (χ0n) is 17.5. The molecule has 0 aromatic heterocycles. The SMILES string of the molecule is CCCCCCCCCCN(C(=O)OCC)C(CC)(CCCC)C(=O)O. The standard InChI is InChI=1S/C21H41NO4/c1-5-9-11-12-13-14-15-16-18-22(20(25)26-8-4)21(7-3,19(23)24)17-10-6-2/h5-18H2,1-4H3,(H,23,24). The van der Waals surface area contributed by atoms with Crippen LogP contribution in [0.5, 0.6) is 0 Å². The van der Waals surface area contributed by atoms with Crippen LogP contribution in [0.4, 0.5) is 4.79 Å². The second-order valence-electron chi connectivity index (χ2n) is 7.12. The molecule has 0 saturated carbocycles. The summed E-state index contributed by atoms with van der Waals surface area (Å²) in [6.45, 7) is 8.58. The molecule has 154 valence electrons. The highest BCUT2D eigenvalue weighted by Gasteiger charge is 2.45. The number of unbranched alkanes of at least 4 members (excludes halogenated alkanes) is 8. The first-order valence-electron chi connectivity index (χ1n) is 10.7. The molecule has 0 rings (SSSR count). The van der Waals surface area contributed by atoms with Gasteiger partial charge >= 0.3 is 12.1 Å². The molecule has 0 aliphatic rings. The van der Waals surface area contributed by atoms with Crippen LogP contribution >= 0.6 is 0 Å². The number of amides is 1. The third-order valence-corrected chi connectivity index (χ3v) is 5.17. The fourth-order valence-corrected chi connectivity index (χ4v) is 3.43. The first-order valence-corrected chi connectivity index (χ1v) is 10.7. The smallest absolute Gasteiger partial charge is 0.410 e. The van der Waals surface area contributed by atoms with Crippen molar-refractivity contribution in [1.82, 2.24) is 4.90 Å². The van der Waals surface area contributed by atoms with E-state index in [1.54, 1.807) is 6.92 Å². The van der Waals surface area contributed by atoms with Crippen LogP contribution < -0.4 is 0 Å². The van der Waals surface area contributed by atoms with E-state index in [0.717, 1.165) is 32.1 Å². The molecule has 26 heavy (non-hydrogen) atoms. The summed E-state index contributed by atoms with van der Waals surface area (Å²) in [6, 6.07) is 0. The average molecular weight is 372 g/mol. The Morgan fingerprint density at radius 3 is 1.85 bits per heavy atom. The molecule has 0 radical (unpaired) electrons. The van der Waals surface area contributed by atoms with E-state index >= 15 is 0 Å². The van der Waals surface area contributed by atoms with Crippen molar-refractivity contribution in [2.45, 2.75) is 110 Å². The van der Waals surface area contributed by atoms with E-state index in [0.29, 0.717) is 19.4 Å². The zero-order chi connectivity index (χ0) is 19.8. The van der Waals surface area contributed by atoms with E-state index in [1.165, 1.54) is 37.0 Å². The highest BCUT2D eigenvalue weighted by atomic mass is 16.6. The Kier molecular flexibility index (Phi) is 14.1. The Morgan fingerprint density at radius 1 is 0.846 bits per heavy atom. The number of carbonyl (C=O) groups is 2.